The largest absolute Gasteiger partial charge is 0.465 e. The molecule has 0 aliphatic rings. The van der Waals surface area contributed by atoms with Gasteiger partial charge in [0.15, 0.2) is 0 Å². The quantitative estimate of drug-likeness (QED) is 0.729. The first kappa shape index (κ1) is 13.8. The van der Waals surface area contributed by atoms with Crippen LogP contribution in [0.4, 0.5) is 0 Å². The van der Waals surface area contributed by atoms with Gasteiger partial charge in [-0.05, 0) is 31.7 Å². The molecule has 0 unspecified atom stereocenters. The first-order valence-corrected chi connectivity index (χ1v) is 6.13. The van der Waals surface area contributed by atoms with Crippen LogP contribution in [0.15, 0.2) is 30.3 Å². The van der Waals surface area contributed by atoms with Crippen molar-refractivity contribution in [3.05, 3.63) is 35.9 Å². The summed E-state index contributed by atoms with van der Waals surface area (Å²) in [4.78, 5) is 12.0. The number of hydrogen-bond acceptors (Lipinski definition) is 2. The Balaban J connectivity index is 2.58. The van der Waals surface area contributed by atoms with Crippen molar-refractivity contribution in [1.82, 2.24) is 0 Å². The monoisotopic (exact) mass is 234 g/mol. The number of ether oxygens (including phenoxy) is 1. The molecule has 0 fully saturated rings. The minimum atomic E-state index is -0.462. The molecule has 2 heteroatoms. The lowest BCUT2D eigenvalue weighted by atomic mass is 9.86. The van der Waals surface area contributed by atoms with E-state index in [9.17, 15) is 4.79 Å². The van der Waals surface area contributed by atoms with Gasteiger partial charge in [0.25, 0.3) is 0 Å². The minimum Gasteiger partial charge on any atom is -0.465 e. The summed E-state index contributed by atoms with van der Waals surface area (Å²) in [6.07, 6.45) is 0.713. The molecule has 0 spiro atoms. The van der Waals surface area contributed by atoms with Crippen LogP contribution in [0.1, 0.15) is 33.3 Å². The van der Waals surface area contributed by atoms with E-state index in [-0.39, 0.29) is 5.97 Å². The fraction of sp³-hybridized carbons (Fsp3) is 0.533. The van der Waals surface area contributed by atoms with Gasteiger partial charge in [-0.3, -0.25) is 4.79 Å². The summed E-state index contributed by atoms with van der Waals surface area (Å²) in [5.74, 6) is 0.265. The van der Waals surface area contributed by atoms with Gasteiger partial charge < -0.3 is 4.74 Å². The molecule has 0 amide bonds. The van der Waals surface area contributed by atoms with Crippen molar-refractivity contribution in [3.63, 3.8) is 0 Å². The van der Waals surface area contributed by atoms with Crippen molar-refractivity contribution in [1.29, 1.82) is 0 Å². The van der Waals surface area contributed by atoms with Crippen molar-refractivity contribution >= 4 is 5.97 Å². The van der Waals surface area contributed by atoms with Crippen molar-refractivity contribution in [2.45, 2.75) is 34.1 Å². The molecule has 0 bridgehead atoms. The van der Waals surface area contributed by atoms with Crippen molar-refractivity contribution in [3.8, 4) is 0 Å². The average Bonchev–Trinajstić information content (AvgIpc) is 2.26. The maximum atomic E-state index is 12.0. The molecule has 0 saturated carbocycles. The third kappa shape index (κ3) is 4.59. The Hall–Kier alpha value is -1.31. The molecule has 0 N–H and O–H groups in total. The molecule has 0 saturated heterocycles. The van der Waals surface area contributed by atoms with Gasteiger partial charge in [-0.1, -0.05) is 44.2 Å². The van der Waals surface area contributed by atoms with E-state index in [0.29, 0.717) is 18.9 Å². The van der Waals surface area contributed by atoms with Crippen LogP contribution in [0.25, 0.3) is 0 Å². The third-order valence-electron chi connectivity index (χ3n) is 2.59. The Morgan fingerprint density at radius 2 is 1.82 bits per heavy atom. The Morgan fingerprint density at radius 3 is 2.35 bits per heavy atom. The zero-order chi connectivity index (χ0) is 12.9. The molecule has 0 aliphatic heterocycles. The number of esters is 1. The summed E-state index contributed by atoms with van der Waals surface area (Å²) in [7, 11) is 0. The van der Waals surface area contributed by atoms with E-state index >= 15 is 0 Å². The van der Waals surface area contributed by atoms with Crippen molar-refractivity contribution in [2.24, 2.45) is 11.3 Å². The summed E-state index contributed by atoms with van der Waals surface area (Å²) in [6, 6.07) is 10.0. The van der Waals surface area contributed by atoms with Crippen LogP contribution in [0, 0.1) is 11.3 Å². The van der Waals surface area contributed by atoms with Crippen LogP contribution in [-0.4, -0.2) is 12.6 Å². The molecule has 17 heavy (non-hydrogen) atoms. The first-order valence-electron chi connectivity index (χ1n) is 6.13. The van der Waals surface area contributed by atoms with Crippen molar-refractivity contribution < 1.29 is 9.53 Å². The molecule has 0 aliphatic carbocycles. The Labute approximate surface area is 104 Å². The van der Waals surface area contributed by atoms with Crippen LogP contribution in [0.2, 0.25) is 0 Å². The highest BCUT2D eigenvalue weighted by molar-refractivity contribution is 5.76. The first-order chi connectivity index (χ1) is 7.92. The Morgan fingerprint density at radius 1 is 1.24 bits per heavy atom. The molecule has 1 aromatic carbocycles. The highest BCUT2D eigenvalue weighted by Gasteiger charge is 2.29. The standard InChI is InChI=1S/C15H22O2/c1-12(2)11-17-14(16)15(3,4)10-13-8-6-5-7-9-13/h5-9,12H,10-11H2,1-4H3. The maximum Gasteiger partial charge on any atom is 0.311 e. The predicted molar refractivity (Wildman–Crippen MR) is 69.7 cm³/mol. The van der Waals surface area contributed by atoms with Gasteiger partial charge in [0.2, 0.25) is 0 Å². The van der Waals surface area contributed by atoms with Gasteiger partial charge in [0.1, 0.15) is 0 Å². The maximum absolute atomic E-state index is 12.0. The highest BCUT2D eigenvalue weighted by atomic mass is 16.5. The normalized spacial score (nSPS) is 11.6. The summed E-state index contributed by atoms with van der Waals surface area (Å²) in [5.41, 5.74) is 0.704. The number of benzene rings is 1. The van der Waals surface area contributed by atoms with Crippen LogP contribution in [-0.2, 0) is 16.0 Å². The van der Waals surface area contributed by atoms with Crippen LogP contribution >= 0.6 is 0 Å². The van der Waals surface area contributed by atoms with E-state index in [4.69, 9.17) is 4.74 Å². The summed E-state index contributed by atoms with van der Waals surface area (Å²) in [5, 5.41) is 0. The minimum absolute atomic E-state index is 0.116. The molecular formula is C15H22O2. The molecule has 0 heterocycles. The lowest BCUT2D eigenvalue weighted by Gasteiger charge is -2.23. The number of rotatable bonds is 5. The van der Waals surface area contributed by atoms with Gasteiger partial charge in [-0.25, -0.2) is 0 Å². The fourth-order valence-corrected chi connectivity index (χ4v) is 1.62. The van der Waals surface area contributed by atoms with E-state index < -0.39 is 5.41 Å². The summed E-state index contributed by atoms with van der Waals surface area (Å²) in [6.45, 7) is 8.44. The second-order valence-electron chi connectivity index (χ2n) is 5.54. The van der Waals surface area contributed by atoms with E-state index in [1.807, 2.05) is 58.0 Å². The molecule has 1 rings (SSSR count). The molecule has 2 nitrogen and oxygen atoms in total. The molecule has 0 aromatic heterocycles. The molecule has 0 radical (unpaired) electrons. The number of carbonyl (C=O) groups is 1. The third-order valence-corrected chi connectivity index (χ3v) is 2.59. The zero-order valence-electron chi connectivity index (χ0n) is 11.2. The van der Waals surface area contributed by atoms with Gasteiger partial charge >= 0.3 is 5.97 Å². The predicted octanol–water partition coefficient (Wildman–Crippen LogP) is 3.45. The lowest BCUT2D eigenvalue weighted by molar-refractivity contribution is -0.155. The van der Waals surface area contributed by atoms with E-state index in [1.54, 1.807) is 0 Å². The van der Waals surface area contributed by atoms with Gasteiger partial charge in [0.05, 0.1) is 12.0 Å². The second-order valence-corrected chi connectivity index (χ2v) is 5.54. The van der Waals surface area contributed by atoms with Crippen LogP contribution < -0.4 is 0 Å². The molecular weight excluding hydrogens is 212 g/mol. The van der Waals surface area contributed by atoms with E-state index in [2.05, 4.69) is 0 Å². The summed E-state index contributed by atoms with van der Waals surface area (Å²) < 4.78 is 5.30. The van der Waals surface area contributed by atoms with Gasteiger partial charge in [0, 0.05) is 0 Å². The molecule has 0 atom stereocenters. The van der Waals surface area contributed by atoms with Crippen LogP contribution in [0.3, 0.4) is 0 Å². The van der Waals surface area contributed by atoms with Gasteiger partial charge in [-0.15, -0.1) is 0 Å². The summed E-state index contributed by atoms with van der Waals surface area (Å²) >= 11 is 0. The highest BCUT2D eigenvalue weighted by Crippen LogP contribution is 2.23. The molecule has 94 valence electrons. The van der Waals surface area contributed by atoms with E-state index in [1.165, 1.54) is 5.56 Å². The number of carbonyl (C=O) groups excluding carboxylic acids is 1. The van der Waals surface area contributed by atoms with Crippen molar-refractivity contribution in [2.75, 3.05) is 6.61 Å². The van der Waals surface area contributed by atoms with Gasteiger partial charge in [-0.2, -0.15) is 0 Å². The lowest BCUT2D eigenvalue weighted by Crippen LogP contribution is -2.30. The van der Waals surface area contributed by atoms with Crippen LogP contribution in [0.5, 0.6) is 0 Å². The van der Waals surface area contributed by atoms with E-state index in [0.717, 1.165) is 0 Å². The SMILES string of the molecule is CC(C)COC(=O)C(C)(C)Cc1ccccc1. The zero-order valence-corrected chi connectivity index (χ0v) is 11.2. The Kier molecular flexibility index (Phi) is 4.73. The smallest absolute Gasteiger partial charge is 0.311 e. The topological polar surface area (TPSA) is 26.3 Å². The fourth-order valence-electron chi connectivity index (χ4n) is 1.62. The number of hydrogen-bond donors (Lipinski definition) is 0. The molecule has 1 aromatic rings. The Bertz CT molecular complexity index is 352. The second kappa shape index (κ2) is 5.85. The average molecular weight is 234 g/mol.